The molecule has 2 aromatic rings. The summed E-state index contributed by atoms with van der Waals surface area (Å²) in [6, 6.07) is 16.2. The van der Waals surface area contributed by atoms with E-state index in [2.05, 4.69) is 0 Å². The predicted octanol–water partition coefficient (Wildman–Crippen LogP) is 3.62. The molecule has 0 amide bonds. The van der Waals surface area contributed by atoms with Crippen molar-refractivity contribution < 1.29 is 17.9 Å². The molecule has 0 unspecified atom stereocenters. The average molecular weight is 356 g/mol. The number of sulfone groups is 1. The lowest BCUT2D eigenvalue weighted by Gasteiger charge is -2.14. The van der Waals surface area contributed by atoms with Gasteiger partial charge in [-0.3, -0.25) is 0 Å². The van der Waals surface area contributed by atoms with Crippen molar-refractivity contribution in [3.8, 4) is 0 Å². The van der Waals surface area contributed by atoms with E-state index in [0.717, 1.165) is 16.7 Å². The first-order valence-corrected chi connectivity index (χ1v) is 9.89. The second-order valence-corrected chi connectivity index (χ2v) is 8.86. The zero-order chi connectivity index (χ0) is 18.2. The van der Waals surface area contributed by atoms with Gasteiger partial charge in [-0.25, -0.2) is 13.2 Å². The van der Waals surface area contributed by atoms with Crippen LogP contribution in [-0.4, -0.2) is 26.2 Å². The standard InChI is InChI=1S/C20H20O4S/c1-20(2)13-17(19(21)24-20)18(14-7-5-4-6-8-14)15-9-11-16(12-10-15)25(3,22)23/h4-12H,13H2,1-3H3/b18-17-. The highest BCUT2D eigenvalue weighted by atomic mass is 32.2. The van der Waals surface area contributed by atoms with Crippen LogP contribution in [0, 0.1) is 0 Å². The minimum atomic E-state index is -3.27. The van der Waals surface area contributed by atoms with Gasteiger partial charge in [0, 0.05) is 18.2 Å². The number of esters is 1. The van der Waals surface area contributed by atoms with Crippen molar-refractivity contribution in [3.05, 3.63) is 71.3 Å². The molecular weight excluding hydrogens is 336 g/mol. The topological polar surface area (TPSA) is 60.4 Å². The van der Waals surface area contributed by atoms with Crippen molar-refractivity contribution in [3.63, 3.8) is 0 Å². The molecule has 0 radical (unpaired) electrons. The fourth-order valence-electron chi connectivity index (χ4n) is 3.03. The molecule has 1 fully saturated rings. The van der Waals surface area contributed by atoms with Crippen molar-refractivity contribution in [2.24, 2.45) is 0 Å². The van der Waals surface area contributed by atoms with Crippen molar-refractivity contribution in [1.82, 2.24) is 0 Å². The molecule has 1 aliphatic heterocycles. The van der Waals surface area contributed by atoms with E-state index in [9.17, 15) is 13.2 Å². The normalized spacial score (nSPS) is 18.8. The molecule has 0 atom stereocenters. The summed E-state index contributed by atoms with van der Waals surface area (Å²) in [6.45, 7) is 3.76. The highest BCUT2D eigenvalue weighted by Crippen LogP contribution is 2.38. The third-order valence-corrected chi connectivity index (χ3v) is 5.28. The van der Waals surface area contributed by atoms with Gasteiger partial charge in [0.15, 0.2) is 9.84 Å². The lowest BCUT2D eigenvalue weighted by molar-refractivity contribution is -0.143. The van der Waals surface area contributed by atoms with Crippen LogP contribution in [0.25, 0.3) is 5.57 Å². The van der Waals surface area contributed by atoms with E-state index in [-0.39, 0.29) is 10.9 Å². The molecule has 2 aromatic carbocycles. The van der Waals surface area contributed by atoms with Crippen LogP contribution in [0.3, 0.4) is 0 Å². The van der Waals surface area contributed by atoms with E-state index < -0.39 is 15.4 Å². The molecule has 130 valence electrons. The van der Waals surface area contributed by atoms with Crippen LogP contribution >= 0.6 is 0 Å². The summed E-state index contributed by atoms with van der Waals surface area (Å²) >= 11 is 0. The fourth-order valence-corrected chi connectivity index (χ4v) is 3.66. The van der Waals surface area contributed by atoms with Crippen molar-refractivity contribution in [2.45, 2.75) is 30.8 Å². The van der Waals surface area contributed by atoms with Gasteiger partial charge in [-0.15, -0.1) is 0 Å². The Kier molecular flexibility index (Phi) is 4.29. The minimum Gasteiger partial charge on any atom is -0.456 e. The first-order chi connectivity index (χ1) is 11.7. The number of cyclic esters (lactones) is 1. The smallest absolute Gasteiger partial charge is 0.335 e. The van der Waals surface area contributed by atoms with Crippen LogP contribution in [0.4, 0.5) is 0 Å². The van der Waals surface area contributed by atoms with Crippen LogP contribution in [0.2, 0.25) is 0 Å². The minimum absolute atomic E-state index is 0.253. The lowest BCUT2D eigenvalue weighted by Crippen LogP contribution is -2.17. The second-order valence-electron chi connectivity index (χ2n) is 6.84. The Labute approximate surface area is 148 Å². The summed E-state index contributed by atoms with van der Waals surface area (Å²) in [5.41, 5.74) is 2.56. The molecule has 0 aliphatic carbocycles. The van der Waals surface area contributed by atoms with Crippen LogP contribution in [0.15, 0.2) is 65.1 Å². The van der Waals surface area contributed by atoms with E-state index >= 15 is 0 Å². The van der Waals surface area contributed by atoms with Gasteiger partial charge in [-0.05, 0) is 42.7 Å². The number of carbonyl (C=O) groups excluding carboxylic acids is 1. The number of hydrogen-bond donors (Lipinski definition) is 0. The summed E-state index contributed by atoms with van der Waals surface area (Å²) in [4.78, 5) is 12.7. The van der Waals surface area contributed by atoms with Crippen LogP contribution in [0.5, 0.6) is 0 Å². The van der Waals surface area contributed by atoms with Crippen molar-refractivity contribution in [1.29, 1.82) is 0 Å². The highest BCUT2D eigenvalue weighted by molar-refractivity contribution is 7.90. The zero-order valence-electron chi connectivity index (χ0n) is 14.4. The maximum atomic E-state index is 12.4. The van der Waals surface area contributed by atoms with Crippen molar-refractivity contribution in [2.75, 3.05) is 6.26 Å². The maximum absolute atomic E-state index is 12.4. The van der Waals surface area contributed by atoms with Gasteiger partial charge in [-0.2, -0.15) is 0 Å². The maximum Gasteiger partial charge on any atom is 0.335 e. The molecule has 1 saturated heterocycles. The Balaban J connectivity index is 2.19. The zero-order valence-corrected chi connectivity index (χ0v) is 15.3. The largest absolute Gasteiger partial charge is 0.456 e. The first-order valence-electron chi connectivity index (χ1n) is 8.00. The lowest BCUT2D eigenvalue weighted by atomic mass is 9.89. The fraction of sp³-hybridized carbons (Fsp3) is 0.250. The van der Waals surface area contributed by atoms with E-state index in [1.165, 1.54) is 6.26 Å². The predicted molar refractivity (Wildman–Crippen MR) is 96.8 cm³/mol. The highest BCUT2D eigenvalue weighted by Gasteiger charge is 2.37. The molecule has 25 heavy (non-hydrogen) atoms. The third-order valence-electron chi connectivity index (χ3n) is 4.15. The molecule has 0 saturated carbocycles. The molecule has 3 rings (SSSR count). The van der Waals surface area contributed by atoms with Gasteiger partial charge >= 0.3 is 5.97 Å². The van der Waals surface area contributed by atoms with Gasteiger partial charge in [-0.1, -0.05) is 42.5 Å². The summed E-state index contributed by atoms with van der Waals surface area (Å²) in [5.74, 6) is -0.323. The molecule has 1 heterocycles. The number of carbonyl (C=O) groups is 1. The first kappa shape index (κ1) is 17.4. The van der Waals surface area contributed by atoms with E-state index in [1.807, 2.05) is 44.2 Å². The molecular formula is C20H20O4S. The molecule has 0 spiro atoms. The van der Waals surface area contributed by atoms with Gasteiger partial charge in [0.2, 0.25) is 0 Å². The Morgan fingerprint density at radius 1 is 0.960 bits per heavy atom. The van der Waals surface area contributed by atoms with E-state index in [4.69, 9.17) is 4.74 Å². The van der Waals surface area contributed by atoms with Gasteiger partial charge < -0.3 is 4.74 Å². The third kappa shape index (κ3) is 3.66. The quantitative estimate of drug-likeness (QED) is 0.622. The van der Waals surface area contributed by atoms with Crippen LogP contribution < -0.4 is 0 Å². The van der Waals surface area contributed by atoms with Gasteiger partial charge in [0.25, 0.3) is 0 Å². The molecule has 1 aliphatic rings. The number of benzene rings is 2. The molecule has 0 N–H and O–H groups in total. The van der Waals surface area contributed by atoms with Crippen LogP contribution in [0.1, 0.15) is 31.4 Å². The molecule has 0 bridgehead atoms. The van der Waals surface area contributed by atoms with E-state index in [0.29, 0.717) is 12.0 Å². The summed E-state index contributed by atoms with van der Waals surface area (Å²) < 4.78 is 28.9. The molecule has 0 aromatic heterocycles. The summed E-state index contributed by atoms with van der Waals surface area (Å²) in [5, 5.41) is 0. The van der Waals surface area contributed by atoms with Gasteiger partial charge in [0.05, 0.1) is 4.90 Å². The number of hydrogen-bond acceptors (Lipinski definition) is 4. The summed E-state index contributed by atoms with van der Waals surface area (Å²) in [6.07, 6.45) is 1.68. The Morgan fingerprint density at radius 3 is 2.00 bits per heavy atom. The average Bonchev–Trinajstić information content (AvgIpc) is 2.81. The Bertz CT molecular complexity index is 937. The van der Waals surface area contributed by atoms with Gasteiger partial charge in [0.1, 0.15) is 5.60 Å². The van der Waals surface area contributed by atoms with E-state index in [1.54, 1.807) is 24.3 Å². The van der Waals surface area contributed by atoms with Crippen LogP contribution in [-0.2, 0) is 19.4 Å². The monoisotopic (exact) mass is 356 g/mol. The Morgan fingerprint density at radius 2 is 1.52 bits per heavy atom. The number of ether oxygens (including phenoxy) is 1. The second kappa shape index (κ2) is 6.15. The Hall–Kier alpha value is -2.40. The summed E-state index contributed by atoms with van der Waals surface area (Å²) in [7, 11) is -3.27. The SMILES string of the molecule is CC1(C)C/C(=C(\c2ccccc2)c2ccc(S(C)(=O)=O)cc2)C(=O)O1. The van der Waals surface area contributed by atoms with Crippen molar-refractivity contribution >= 4 is 21.4 Å². The number of rotatable bonds is 3. The molecule has 4 nitrogen and oxygen atoms in total. The molecule has 5 heteroatoms.